The number of aliphatic hydroxyl groups excluding tert-OH is 1. The van der Waals surface area contributed by atoms with E-state index in [1.54, 1.807) is 0 Å². The van der Waals surface area contributed by atoms with Gasteiger partial charge in [0.15, 0.2) is 5.96 Å². The maximum atomic E-state index is 9.61. The Balaban J connectivity index is 1.82. The molecule has 1 aromatic rings. The van der Waals surface area contributed by atoms with Crippen LogP contribution < -0.4 is 5.32 Å². The van der Waals surface area contributed by atoms with Gasteiger partial charge in [-0.05, 0) is 50.3 Å². The highest BCUT2D eigenvalue weighted by Gasteiger charge is 2.19. The predicted molar refractivity (Wildman–Crippen MR) is 95.3 cm³/mol. The third-order valence-corrected chi connectivity index (χ3v) is 4.37. The molecule has 0 amide bonds. The molecule has 1 aromatic carbocycles. The van der Waals surface area contributed by atoms with Crippen LogP contribution in [0, 0.1) is 0 Å². The van der Waals surface area contributed by atoms with Gasteiger partial charge < -0.3 is 15.3 Å². The minimum absolute atomic E-state index is 0.143. The molecule has 0 spiro atoms. The first kappa shape index (κ1) is 17.3. The third-order valence-electron chi connectivity index (χ3n) is 3.87. The largest absolute Gasteiger partial charge is 0.393 e. The number of halogens is 1. The van der Waals surface area contributed by atoms with Crippen LogP contribution >= 0.6 is 15.9 Å². The van der Waals surface area contributed by atoms with Gasteiger partial charge in [0, 0.05) is 30.7 Å². The van der Waals surface area contributed by atoms with Crippen molar-refractivity contribution >= 4 is 21.9 Å². The number of aliphatic hydroxyl groups is 1. The molecule has 1 saturated heterocycles. The number of benzene rings is 1. The van der Waals surface area contributed by atoms with Gasteiger partial charge in [0.05, 0.1) is 6.10 Å². The van der Waals surface area contributed by atoms with Crippen molar-refractivity contribution in [3.8, 4) is 0 Å². The monoisotopic (exact) mass is 367 g/mol. The standard InChI is InChI=1S/C17H26BrN3O/c1-2-19-17(21-11-8-16(22)9-12-21)20-10-4-6-14-5-3-7-15(18)13-14/h3,5,7,13,16,22H,2,4,6,8-12H2,1H3,(H,19,20). The van der Waals surface area contributed by atoms with Crippen LogP contribution in [0.25, 0.3) is 0 Å². The Labute approximate surface area is 141 Å². The summed E-state index contributed by atoms with van der Waals surface area (Å²) in [7, 11) is 0. The Morgan fingerprint density at radius 3 is 2.86 bits per heavy atom. The number of hydrogen-bond donors (Lipinski definition) is 2. The summed E-state index contributed by atoms with van der Waals surface area (Å²) in [5, 5.41) is 13.0. The van der Waals surface area contributed by atoms with Crippen LogP contribution in [0.1, 0.15) is 31.7 Å². The number of nitrogens with zero attached hydrogens (tertiary/aromatic N) is 2. The number of aryl methyl sites for hydroxylation is 1. The fourth-order valence-electron chi connectivity index (χ4n) is 2.66. The average molecular weight is 368 g/mol. The summed E-state index contributed by atoms with van der Waals surface area (Å²) < 4.78 is 1.13. The van der Waals surface area contributed by atoms with Crippen LogP contribution in [-0.4, -0.2) is 48.2 Å². The smallest absolute Gasteiger partial charge is 0.193 e. The van der Waals surface area contributed by atoms with Crippen LogP contribution in [0.4, 0.5) is 0 Å². The molecular formula is C17H26BrN3O. The molecule has 0 bridgehead atoms. The molecule has 122 valence electrons. The van der Waals surface area contributed by atoms with Gasteiger partial charge in [-0.25, -0.2) is 0 Å². The molecular weight excluding hydrogens is 342 g/mol. The van der Waals surface area contributed by atoms with Gasteiger partial charge >= 0.3 is 0 Å². The summed E-state index contributed by atoms with van der Waals surface area (Å²) in [5.74, 6) is 0.989. The summed E-state index contributed by atoms with van der Waals surface area (Å²) in [6, 6.07) is 8.45. The summed E-state index contributed by atoms with van der Waals surface area (Å²) in [6.45, 7) is 5.57. The quantitative estimate of drug-likeness (QED) is 0.477. The second kappa shape index (κ2) is 9.16. The van der Waals surface area contributed by atoms with E-state index in [9.17, 15) is 5.11 Å². The predicted octanol–water partition coefficient (Wildman–Crippen LogP) is 2.80. The van der Waals surface area contributed by atoms with Crippen molar-refractivity contribution in [3.05, 3.63) is 34.3 Å². The normalized spacial score (nSPS) is 16.9. The Bertz CT molecular complexity index is 485. The number of piperidine rings is 1. The Kier molecular flexibility index (Phi) is 7.19. The van der Waals surface area contributed by atoms with Crippen molar-refractivity contribution < 1.29 is 5.11 Å². The second-order valence-electron chi connectivity index (χ2n) is 5.69. The summed E-state index contributed by atoms with van der Waals surface area (Å²) in [5.41, 5.74) is 1.34. The number of likely N-dealkylation sites (tertiary alicyclic amines) is 1. The molecule has 5 heteroatoms. The zero-order valence-corrected chi connectivity index (χ0v) is 14.8. The van der Waals surface area contributed by atoms with Crippen LogP contribution in [0.15, 0.2) is 33.7 Å². The fraction of sp³-hybridized carbons (Fsp3) is 0.588. The molecule has 0 aromatic heterocycles. The number of hydrogen-bond acceptors (Lipinski definition) is 2. The number of aliphatic imine (C=N–C) groups is 1. The van der Waals surface area contributed by atoms with Gasteiger partial charge in [-0.1, -0.05) is 28.1 Å². The molecule has 2 rings (SSSR count). The lowest BCUT2D eigenvalue weighted by molar-refractivity contribution is 0.108. The van der Waals surface area contributed by atoms with E-state index in [1.165, 1.54) is 5.56 Å². The van der Waals surface area contributed by atoms with Gasteiger partial charge in [-0.2, -0.15) is 0 Å². The minimum atomic E-state index is -0.143. The zero-order chi connectivity index (χ0) is 15.8. The zero-order valence-electron chi connectivity index (χ0n) is 13.3. The first-order valence-electron chi connectivity index (χ1n) is 8.15. The summed E-state index contributed by atoms with van der Waals surface area (Å²) >= 11 is 3.51. The van der Waals surface area contributed by atoms with Crippen molar-refractivity contribution in [2.45, 2.75) is 38.7 Å². The lowest BCUT2D eigenvalue weighted by atomic mass is 10.1. The maximum Gasteiger partial charge on any atom is 0.193 e. The Morgan fingerprint density at radius 1 is 1.41 bits per heavy atom. The highest BCUT2D eigenvalue weighted by Crippen LogP contribution is 2.13. The molecule has 1 aliphatic rings. The van der Waals surface area contributed by atoms with Crippen molar-refractivity contribution in [2.75, 3.05) is 26.2 Å². The van der Waals surface area contributed by atoms with E-state index in [0.29, 0.717) is 0 Å². The fourth-order valence-corrected chi connectivity index (χ4v) is 3.11. The molecule has 1 aliphatic heterocycles. The van der Waals surface area contributed by atoms with Gasteiger partial charge in [0.25, 0.3) is 0 Å². The molecule has 1 fully saturated rings. The van der Waals surface area contributed by atoms with Crippen LogP contribution in [-0.2, 0) is 6.42 Å². The highest BCUT2D eigenvalue weighted by molar-refractivity contribution is 9.10. The molecule has 0 saturated carbocycles. The Hall–Kier alpha value is -1.07. The SMILES string of the molecule is CCNC(=NCCCc1cccc(Br)c1)N1CCC(O)CC1. The molecule has 1 heterocycles. The molecule has 0 atom stereocenters. The van der Waals surface area contributed by atoms with Gasteiger partial charge in [0.1, 0.15) is 0 Å². The van der Waals surface area contributed by atoms with E-state index in [-0.39, 0.29) is 6.10 Å². The molecule has 0 aliphatic carbocycles. The van der Waals surface area contributed by atoms with Crippen LogP contribution in [0.3, 0.4) is 0 Å². The van der Waals surface area contributed by atoms with E-state index in [0.717, 1.165) is 62.3 Å². The number of rotatable bonds is 5. The molecule has 0 radical (unpaired) electrons. The van der Waals surface area contributed by atoms with Crippen molar-refractivity contribution in [2.24, 2.45) is 4.99 Å². The topological polar surface area (TPSA) is 47.9 Å². The van der Waals surface area contributed by atoms with E-state index < -0.39 is 0 Å². The van der Waals surface area contributed by atoms with Gasteiger partial charge in [-0.3, -0.25) is 4.99 Å². The third kappa shape index (κ3) is 5.61. The van der Waals surface area contributed by atoms with Crippen molar-refractivity contribution in [3.63, 3.8) is 0 Å². The molecule has 22 heavy (non-hydrogen) atoms. The van der Waals surface area contributed by atoms with E-state index in [4.69, 9.17) is 4.99 Å². The lowest BCUT2D eigenvalue weighted by Crippen LogP contribution is -2.46. The second-order valence-corrected chi connectivity index (χ2v) is 6.60. The van der Waals surface area contributed by atoms with Crippen LogP contribution in [0.2, 0.25) is 0 Å². The van der Waals surface area contributed by atoms with E-state index >= 15 is 0 Å². The average Bonchev–Trinajstić information content (AvgIpc) is 2.51. The lowest BCUT2D eigenvalue weighted by Gasteiger charge is -2.32. The van der Waals surface area contributed by atoms with E-state index in [2.05, 4.69) is 57.3 Å². The minimum Gasteiger partial charge on any atom is -0.393 e. The van der Waals surface area contributed by atoms with Gasteiger partial charge in [0.2, 0.25) is 0 Å². The number of guanidine groups is 1. The van der Waals surface area contributed by atoms with Crippen molar-refractivity contribution in [1.82, 2.24) is 10.2 Å². The summed E-state index contributed by atoms with van der Waals surface area (Å²) in [4.78, 5) is 7.00. The molecule has 0 unspecified atom stereocenters. The summed E-state index contributed by atoms with van der Waals surface area (Å²) in [6.07, 6.45) is 3.61. The van der Waals surface area contributed by atoms with Crippen molar-refractivity contribution in [1.29, 1.82) is 0 Å². The Morgan fingerprint density at radius 2 is 2.18 bits per heavy atom. The highest BCUT2D eigenvalue weighted by atomic mass is 79.9. The van der Waals surface area contributed by atoms with Crippen LogP contribution in [0.5, 0.6) is 0 Å². The molecule has 2 N–H and O–H groups in total. The van der Waals surface area contributed by atoms with E-state index in [1.807, 2.05) is 0 Å². The molecule has 4 nitrogen and oxygen atoms in total. The first-order valence-corrected chi connectivity index (χ1v) is 8.94. The number of nitrogens with one attached hydrogen (secondary N) is 1. The first-order chi connectivity index (χ1) is 10.7. The maximum absolute atomic E-state index is 9.61. The van der Waals surface area contributed by atoms with Gasteiger partial charge in [-0.15, -0.1) is 0 Å².